The monoisotopic (exact) mass is 571 g/mol. The molecule has 0 bridgehead atoms. The summed E-state index contributed by atoms with van der Waals surface area (Å²) in [4.78, 5) is 37.8. The lowest BCUT2D eigenvalue weighted by Gasteiger charge is -2.30. The molecule has 3 rings (SSSR count). The van der Waals surface area contributed by atoms with Crippen LogP contribution >= 0.6 is 0 Å². The predicted molar refractivity (Wildman–Crippen MR) is 163 cm³/mol. The van der Waals surface area contributed by atoms with Gasteiger partial charge in [-0.25, -0.2) is 4.98 Å². The van der Waals surface area contributed by atoms with Gasteiger partial charge in [-0.05, 0) is 78.4 Å². The second-order valence-corrected chi connectivity index (χ2v) is 11.0. The standard InChI is InChI=1S/C32H41N7O3/c1-22(2)42-31-26(21-34-32(37-31)36-27-16-13-25(20-33)14-17-27)15-12-24-9-7-10-28(19-24)35-30(41)23(3)39(6)29(40)11-8-18-38(4)5/h8,11,13-14,16-17,21-24,28H,7,9-10,18-19H2,1-6H3,(H,35,41)(H,34,36,37)/t23-,24-,28-/m0/s1. The van der Waals surface area contributed by atoms with Crippen LogP contribution in [0, 0.1) is 29.1 Å². The van der Waals surface area contributed by atoms with Crippen LogP contribution < -0.4 is 15.4 Å². The maximum Gasteiger partial charge on any atom is 0.246 e. The molecule has 1 heterocycles. The Morgan fingerprint density at radius 2 is 1.90 bits per heavy atom. The first-order chi connectivity index (χ1) is 20.0. The van der Waals surface area contributed by atoms with Gasteiger partial charge in [0.05, 0.1) is 23.9 Å². The zero-order valence-corrected chi connectivity index (χ0v) is 25.3. The third-order valence-corrected chi connectivity index (χ3v) is 6.84. The van der Waals surface area contributed by atoms with Crippen molar-refractivity contribution in [2.75, 3.05) is 33.0 Å². The van der Waals surface area contributed by atoms with Crippen molar-refractivity contribution in [2.45, 2.75) is 64.6 Å². The first-order valence-electron chi connectivity index (χ1n) is 14.3. The molecule has 42 heavy (non-hydrogen) atoms. The summed E-state index contributed by atoms with van der Waals surface area (Å²) in [5.74, 6) is 7.04. The Kier molecular flexibility index (Phi) is 11.9. The van der Waals surface area contributed by atoms with Crippen molar-refractivity contribution < 1.29 is 14.3 Å². The second-order valence-electron chi connectivity index (χ2n) is 11.0. The highest BCUT2D eigenvalue weighted by molar-refractivity contribution is 5.92. The maximum absolute atomic E-state index is 12.9. The van der Waals surface area contributed by atoms with Crippen molar-refractivity contribution in [1.82, 2.24) is 25.1 Å². The second kappa shape index (κ2) is 15.6. The van der Waals surface area contributed by atoms with E-state index >= 15 is 0 Å². The molecule has 2 amide bonds. The minimum Gasteiger partial charge on any atom is -0.474 e. The van der Waals surface area contributed by atoms with Gasteiger partial charge >= 0.3 is 0 Å². The molecule has 3 atom stereocenters. The quantitative estimate of drug-likeness (QED) is 0.326. The number of carbonyl (C=O) groups excluding carboxylic acids is 2. The van der Waals surface area contributed by atoms with Crippen LogP contribution in [-0.4, -0.2) is 77.5 Å². The number of likely N-dealkylation sites (N-methyl/N-ethyl adjacent to an activating group) is 2. The van der Waals surface area contributed by atoms with Gasteiger partial charge in [-0.3, -0.25) is 9.59 Å². The van der Waals surface area contributed by atoms with Crippen molar-refractivity contribution in [3.8, 4) is 23.8 Å². The summed E-state index contributed by atoms with van der Waals surface area (Å²) in [6.45, 7) is 6.24. The third kappa shape index (κ3) is 9.90. The number of nitrogens with one attached hydrogen (secondary N) is 2. The third-order valence-electron chi connectivity index (χ3n) is 6.84. The van der Waals surface area contributed by atoms with E-state index in [1.165, 1.54) is 11.0 Å². The minimum atomic E-state index is -0.586. The highest BCUT2D eigenvalue weighted by Crippen LogP contribution is 2.25. The molecule has 1 aliphatic rings. The average Bonchev–Trinajstić information content (AvgIpc) is 2.96. The topological polar surface area (TPSA) is 123 Å². The normalized spacial score (nSPS) is 17.2. The fourth-order valence-electron chi connectivity index (χ4n) is 4.38. The molecule has 0 spiro atoms. The molecule has 1 fully saturated rings. The maximum atomic E-state index is 12.9. The van der Waals surface area contributed by atoms with E-state index < -0.39 is 6.04 Å². The fourth-order valence-corrected chi connectivity index (χ4v) is 4.38. The molecule has 1 saturated carbocycles. The Hall–Kier alpha value is -4.41. The molecule has 222 valence electrons. The van der Waals surface area contributed by atoms with E-state index in [0.29, 0.717) is 29.5 Å². The zero-order chi connectivity index (χ0) is 30.6. The number of benzene rings is 1. The smallest absolute Gasteiger partial charge is 0.246 e. The molecule has 0 radical (unpaired) electrons. The first-order valence-corrected chi connectivity index (χ1v) is 14.3. The van der Waals surface area contributed by atoms with E-state index in [-0.39, 0.29) is 29.9 Å². The average molecular weight is 572 g/mol. The number of carbonyl (C=O) groups is 2. The fraction of sp³-hybridized carbons (Fsp3) is 0.469. The van der Waals surface area contributed by atoms with Crippen LogP contribution in [0.1, 0.15) is 57.6 Å². The molecule has 2 aromatic rings. The number of hydrogen-bond acceptors (Lipinski definition) is 8. The Morgan fingerprint density at radius 1 is 1.17 bits per heavy atom. The van der Waals surface area contributed by atoms with Gasteiger partial charge in [-0.2, -0.15) is 10.2 Å². The Morgan fingerprint density at radius 3 is 2.57 bits per heavy atom. The molecular formula is C32H41N7O3. The molecule has 1 aromatic heterocycles. The SMILES string of the molecule is CC(C)Oc1nc(Nc2ccc(C#N)cc2)ncc1C#C[C@@H]1CCC[C@H](NC(=O)[C@H](C)N(C)C(=O)C=CCN(C)C)C1. The van der Waals surface area contributed by atoms with Crippen LogP contribution in [0.4, 0.5) is 11.6 Å². The molecule has 10 nitrogen and oxygen atoms in total. The van der Waals surface area contributed by atoms with Crippen molar-refractivity contribution in [2.24, 2.45) is 5.92 Å². The van der Waals surface area contributed by atoms with E-state index in [1.54, 1.807) is 50.5 Å². The number of nitrogens with zero attached hydrogens (tertiary/aromatic N) is 5. The summed E-state index contributed by atoms with van der Waals surface area (Å²) in [6, 6.07) is 8.52. The Labute approximate surface area is 249 Å². The lowest BCUT2D eigenvalue weighted by Crippen LogP contribution is -2.49. The summed E-state index contributed by atoms with van der Waals surface area (Å²) < 4.78 is 5.94. The van der Waals surface area contributed by atoms with E-state index in [2.05, 4.69) is 38.5 Å². The van der Waals surface area contributed by atoms with Crippen molar-refractivity contribution in [3.05, 3.63) is 53.7 Å². The molecular weight excluding hydrogens is 530 g/mol. The van der Waals surface area contributed by atoms with E-state index in [9.17, 15) is 9.59 Å². The molecule has 0 aliphatic heterocycles. The van der Waals surface area contributed by atoms with Crippen LogP contribution in [0.3, 0.4) is 0 Å². The summed E-state index contributed by atoms with van der Waals surface area (Å²) in [7, 11) is 5.50. The lowest BCUT2D eigenvalue weighted by molar-refractivity contribution is -0.135. The Balaban J connectivity index is 1.63. The number of hydrogen-bond donors (Lipinski definition) is 2. The molecule has 0 unspecified atom stereocenters. The van der Waals surface area contributed by atoms with Crippen LogP contribution in [0.25, 0.3) is 0 Å². The van der Waals surface area contributed by atoms with Gasteiger partial charge in [0.1, 0.15) is 11.6 Å². The number of anilines is 2. The van der Waals surface area contributed by atoms with Gasteiger partial charge in [-0.1, -0.05) is 24.3 Å². The van der Waals surface area contributed by atoms with Gasteiger partial charge < -0.3 is 25.2 Å². The van der Waals surface area contributed by atoms with Crippen molar-refractivity contribution in [1.29, 1.82) is 5.26 Å². The summed E-state index contributed by atoms with van der Waals surface area (Å²) in [5.41, 5.74) is 1.92. The van der Waals surface area contributed by atoms with Crippen molar-refractivity contribution >= 4 is 23.5 Å². The number of aromatic nitrogens is 2. The zero-order valence-electron chi connectivity index (χ0n) is 25.3. The highest BCUT2D eigenvalue weighted by Gasteiger charge is 2.27. The first kappa shape index (κ1) is 32.1. The summed E-state index contributed by atoms with van der Waals surface area (Å²) in [5, 5.41) is 15.3. The molecule has 2 N–H and O–H groups in total. The van der Waals surface area contributed by atoms with Gasteiger partial charge in [0, 0.05) is 37.3 Å². The van der Waals surface area contributed by atoms with Crippen molar-refractivity contribution in [3.63, 3.8) is 0 Å². The summed E-state index contributed by atoms with van der Waals surface area (Å²) >= 11 is 0. The van der Waals surface area contributed by atoms with Crippen LogP contribution in [0.2, 0.25) is 0 Å². The molecule has 0 saturated heterocycles. The number of nitriles is 1. The largest absolute Gasteiger partial charge is 0.474 e. The van der Waals surface area contributed by atoms with Crippen LogP contribution in [-0.2, 0) is 9.59 Å². The minimum absolute atomic E-state index is 0.0117. The number of amides is 2. The summed E-state index contributed by atoms with van der Waals surface area (Å²) in [6.07, 6.45) is 8.32. The number of ether oxygens (including phenoxy) is 1. The predicted octanol–water partition coefficient (Wildman–Crippen LogP) is 3.87. The van der Waals surface area contributed by atoms with Crippen LogP contribution in [0.15, 0.2) is 42.6 Å². The van der Waals surface area contributed by atoms with Crippen LogP contribution in [0.5, 0.6) is 5.88 Å². The van der Waals surface area contributed by atoms with Gasteiger partial charge in [0.2, 0.25) is 23.6 Å². The molecule has 10 heteroatoms. The molecule has 1 aromatic carbocycles. The van der Waals surface area contributed by atoms with Gasteiger partial charge in [0.15, 0.2) is 0 Å². The van der Waals surface area contributed by atoms with Gasteiger partial charge in [0.25, 0.3) is 0 Å². The molecule has 1 aliphatic carbocycles. The Bertz CT molecular complexity index is 1350. The van der Waals surface area contributed by atoms with E-state index in [4.69, 9.17) is 10.00 Å². The van der Waals surface area contributed by atoms with Gasteiger partial charge in [-0.15, -0.1) is 0 Å². The van der Waals surface area contributed by atoms with E-state index in [1.807, 2.05) is 32.8 Å². The lowest BCUT2D eigenvalue weighted by atomic mass is 9.86. The van der Waals surface area contributed by atoms with E-state index in [0.717, 1.165) is 31.4 Å². The number of rotatable bonds is 10. The highest BCUT2D eigenvalue weighted by atomic mass is 16.5.